The van der Waals surface area contributed by atoms with Crippen molar-refractivity contribution in [2.75, 3.05) is 26.0 Å². The normalized spacial score (nSPS) is 19.2. The minimum atomic E-state index is -3.39. The van der Waals surface area contributed by atoms with Crippen molar-refractivity contribution >= 4 is 16.0 Å². The quantitative estimate of drug-likeness (QED) is 0.715. The van der Waals surface area contributed by atoms with Crippen LogP contribution in [0.3, 0.4) is 0 Å². The largest absolute Gasteiger partial charge is 0.342 e. The third-order valence-corrected chi connectivity index (χ3v) is 4.23. The molecule has 1 atom stereocenters. The van der Waals surface area contributed by atoms with Crippen molar-refractivity contribution in [1.82, 2.24) is 4.90 Å². The van der Waals surface area contributed by atoms with Crippen molar-refractivity contribution in [3.8, 4) is 0 Å². The zero-order valence-corrected chi connectivity index (χ0v) is 13.0. The lowest BCUT2D eigenvalue weighted by Gasteiger charge is -2.16. The Labute approximate surface area is 126 Å². The van der Waals surface area contributed by atoms with E-state index in [2.05, 4.69) is 12.1 Å². The van der Waals surface area contributed by atoms with E-state index in [0.717, 1.165) is 12.7 Å². The second kappa shape index (κ2) is 7.04. The number of benzene rings is 1. The van der Waals surface area contributed by atoms with E-state index >= 15 is 0 Å². The third kappa shape index (κ3) is 5.47. The summed E-state index contributed by atoms with van der Waals surface area (Å²) < 4.78 is 26.5. The molecule has 0 unspecified atom stereocenters. The molecule has 5 nitrogen and oxygen atoms in total. The molecule has 2 rings (SSSR count). The van der Waals surface area contributed by atoms with Gasteiger partial charge in [-0.3, -0.25) is 8.98 Å². The van der Waals surface area contributed by atoms with Crippen LogP contribution in [0, 0.1) is 5.92 Å². The highest BCUT2D eigenvalue weighted by Gasteiger charge is 2.29. The molecular formula is C15H21NO4S. The van der Waals surface area contributed by atoms with Gasteiger partial charge in [0.05, 0.1) is 12.9 Å². The predicted octanol–water partition coefficient (Wildman–Crippen LogP) is 1.44. The van der Waals surface area contributed by atoms with E-state index in [9.17, 15) is 13.2 Å². The number of carbonyl (C=O) groups excluding carboxylic acids is 1. The average Bonchev–Trinajstić information content (AvgIpc) is 2.76. The summed E-state index contributed by atoms with van der Waals surface area (Å²) in [6.45, 7) is 1.56. The van der Waals surface area contributed by atoms with Gasteiger partial charge in [0, 0.05) is 19.5 Å². The molecule has 21 heavy (non-hydrogen) atoms. The van der Waals surface area contributed by atoms with Gasteiger partial charge in [0.2, 0.25) is 5.91 Å². The molecule has 0 aliphatic carbocycles. The summed E-state index contributed by atoms with van der Waals surface area (Å²) in [6.07, 6.45) is 2.97. The van der Waals surface area contributed by atoms with E-state index in [4.69, 9.17) is 4.18 Å². The molecule has 1 heterocycles. The molecule has 0 radical (unpaired) electrons. The molecule has 1 fully saturated rings. The van der Waals surface area contributed by atoms with Gasteiger partial charge in [-0.15, -0.1) is 0 Å². The highest BCUT2D eigenvalue weighted by molar-refractivity contribution is 7.85. The molecule has 1 aromatic carbocycles. The lowest BCUT2D eigenvalue weighted by molar-refractivity contribution is -0.127. The molecule has 1 aliphatic heterocycles. The van der Waals surface area contributed by atoms with Gasteiger partial charge < -0.3 is 4.90 Å². The van der Waals surface area contributed by atoms with Gasteiger partial charge in [-0.1, -0.05) is 30.3 Å². The van der Waals surface area contributed by atoms with E-state index in [-0.39, 0.29) is 18.4 Å². The molecule has 0 spiro atoms. The van der Waals surface area contributed by atoms with Crippen molar-refractivity contribution in [3.63, 3.8) is 0 Å². The SMILES string of the molecule is CS(=O)(=O)OCC[C@@H]1CC(=O)N(CCc2ccccc2)C1. The molecule has 116 valence electrons. The van der Waals surface area contributed by atoms with Crippen LogP contribution in [-0.4, -0.2) is 45.2 Å². The lowest BCUT2D eigenvalue weighted by atomic mass is 10.1. The first kappa shape index (κ1) is 16.0. The zero-order chi connectivity index (χ0) is 15.3. The Balaban J connectivity index is 1.75. The molecule has 0 saturated carbocycles. The smallest absolute Gasteiger partial charge is 0.264 e. The zero-order valence-electron chi connectivity index (χ0n) is 12.2. The Bertz CT molecular complexity index is 571. The second-order valence-corrected chi connectivity index (χ2v) is 7.10. The van der Waals surface area contributed by atoms with Crippen molar-refractivity contribution in [3.05, 3.63) is 35.9 Å². The van der Waals surface area contributed by atoms with Gasteiger partial charge in [-0.25, -0.2) is 0 Å². The van der Waals surface area contributed by atoms with Crippen LogP contribution in [0.5, 0.6) is 0 Å². The van der Waals surface area contributed by atoms with Crippen molar-refractivity contribution < 1.29 is 17.4 Å². The van der Waals surface area contributed by atoms with Gasteiger partial charge in [-0.2, -0.15) is 8.42 Å². The molecular weight excluding hydrogens is 290 g/mol. The fourth-order valence-corrected chi connectivity index (χ4v) is 2.94. The Morgan fingerprint density at radius 3 is 2.67 bits per heavy atom. The summed E-state index contributed by atoms with van der Waals surface area (Å²) in [5.74, 6) is 0.338. The van der Waals surface area contributed by atoms with Gasteiger partial charge in [0.25, 0.3) is 10.1 Å². The number of carbonyl (C=O) groups is 1. The lowest BCUT2D eigenvalue weighted by Crippen LogP contribution is -2.27. The fourth-order valence-electron chi connectivity index (χ4n) is 2.54. The van der Waals surface area contributed by atoms with Crippen LogP contribution in [0.15, 0.2) is 30.3 Å². The first-order chi connectivity index (χ1) is 9.94. The highest BCUT2D eigenvalue weighted by atomic mass is 32.2. The Kier molecular flexibility index (Phi) is 5.36. The number of likely N-dealkylation sites (tertiary alicyclic amines) is 1. The maximum Gasteiger partial charge on any atom is 0.264 e. The van der Waals surface area contributed by atoms with Crippen LogP contribution < -0.4 is 0 Å². The highest BCUT2D eigenvalue weighted by Crippen LogP contribution is 2.21. The maximum atomic E-state index is 11.9. The summed E-state index contributed by atoms with van der Waals surface area (Å²) in [5.41, 5.74) is 1.22. The monoisotopic (exact) mass is 311 g/mol. The number of hydrogen-bond donors (Lipinski definition) is 0. The van der Waals surface area contributed by atoms with E-state index in [1.165, 1.54) is 5.56 Å². The van der Waals surface area contributed by atoms with E-state index < -0.39 is 10.1 Å². The van der Waals surface area contributed by atoms with Crippen molar-refractivity contribution in [2.24, 2.45) is 5.92 Å². The Hall–Kier alpha value is -1.40. The molecule has 1 aliphatic rings. The molecule has 0 N–H and O–H groups in total. The topological polar surface area (TPSA) is 63.7 Å². The van der Waals surface area contributed by atoms with Crippen LogP contribution in [0.2, 0.25) is 0 Å². The summed E-state index contributed by atoms with van der Waals surface area (Å²) in [4.78, 5) is 13.8. The van der Waals surface area contributed by atoms with Crippen LogP contribution in [0.1, 0.15) is 18.4 Å². The molecule has 0 bridgehead atoms. The van der Waals surface area contributed by atoms with Crippen LogP contribution >= 0.6 is 0 Å². The third-order valence-electron chi connectivity index (χ3n) is 3.63. The molecule has 1 amide bonds. The van der Waals surface area contributed by atoms with Gasteiger partial charge in [0.15, 0.2) is 0 Å². The van der Waals surface area contributed by atoms with E-state index in [1.807, 2.05) is 23.1 Å². The Morgan fingerprint density at radius 2 is 2.00 bits per heavy atom. The van der Waals surface area contributed by atoms with Crippen molar-refractivity contribution in [2.45, 2.75) is 19.3 Å². The molecule has 0 aromatic heterocycles. The second-order valence-electron chi connectivity index (χ2n) is 5.46. The van der Waals surface area contributed by atoms with Crippen LogP contribution in [-0.2, 0) is 25.5 Å². The summed E-state index contributed by atoms with van der Waals surface area (Å²) in [5, 5.41) is 0. The van der Waals surface area contributed by atoms with E-state index in [1.54, 1.807) is 0 Å². The minimum Gasteiger partial charge on any atom is -0.342 e. The standard InChI is InChI=1S/C15H21NO4S/c1-21(18,19)20-10-8-14-11-15(17)16(12-14)9-7-13-5-3-2-4-6-13/h2-6,14H,7-12H2,1H3/t14-/m1/s1. The fraction of sp³-hybridized carbons (Fsp3) is 0.533. The molecule has 1 saturated heterocycles. The van der Waals surface area contributed by atoms with Gasteiger partial charge in [0.1, 0.15) is 0 Å². The number of rotatable bonds is 7. The maximum absolute atomic E-state index is 11.9. The number of hydrogen-bond acceptors (Lipinski definition) is 4. The first-order valence-electron chi connectivity index (χ1n) is 7.10. The Morgan fingerprint density at radius 1 is 1.29 bits per heavy atom. The minimum absolute atomic E-state index is 0.148. The number of amides is 1. The van der Waals surface area contributed by atoms with Gasteiger partial charge >= 0.3 is 0 Å². The predicted molar refractivity (Wildman–Crippen MR) is 80.2 cm³/mol. The summed E-state index contributed by atoms with van der Waals surface area (Å²) >= 11 is 0. The van der Waals surface area contributed by atoms with Crippen LogP contribution in [0.4, 0.5) is 0 Å². The van der Waals surface area contributed by atoms with E-state index in [0.29, 0.717) is 25.9 Å². The van der Waals surface area contributed by atoms with Crippen LogP contribution in [0.25, 0.3) is 0 Å². The number of nitrogens with zero attached hydrogens (tertiary/aromatic N) is 1. The first-order valence-corrected chi connectivity index (χ1v) is 8.92. The average molecular weight is 311 g/mol. The molecule has 6 heteroatoms. The summed E-state index contributed by atoms with van der Waals surface area (Å²) in [7, 11) is -3.39. The summed E-state index contributed by atoms with van der Waals surface area (Å²) in [6, 6.07) is 10.1. The van der Waals surface area contributed by atoms with Crippen molar-refractivity contribution in [1.29, 1.82) is 0 Å². The molecule has 1 aromatic rings. The van der Waals surface area contributed by atoms with Gasteiger partial charge in [-0.05, 0) is 24.3 Å².